The highest BCUT2D eigenvalue weighted by Crippen LogP contribution is 2.42. The highest BCUT2D eigenvalue weighted by molar-refractivity contribution is 7.97. The van der Waals surface area contributed by atoms with Crippen LogP contribution in [-0.4, -0.2) is 21.4 Å². The average molecular weight is 447 g/mol. The SMILES string of the molecule is Cc1ccc(C)c(C(C)NC(=O)C2=C(c3ccccc3)c3ccccc3N(C)S2(=O)=O)c1. The molecule has 6 heteroatoms. The van der Waals surface area contributed by atoms with E-state index in [4.69, 9.17) is 0 Å². The Balaban J connectivity index is 1.89. The molecule has 0 fully saturated rings. The van der Waals surface area contributed by atoms with Crippen LogP contribution >= 0.6 is 0 Å². The van der Waals surface area contributed by atoms with Gasteiger partial charge in [0, 0.05) is 18.2 Å². The van der Waals surface area contributed by atoms with Gasteiger partial charge < -0.3 is 5.32 Å². The molecule has 1 aliphatic heterocycles. The number of rotatable bonds is 4. The predicted molar refractivity (Wildman–Crippen MR) is 129 cm³/mol. The number of amides is 1. The van der Waals surface area contributed by atoms with Crippen LogP contribution in [0.5, 0.6) is 0 Å². The van der Waals surface area contributed by atoms with E-state index < -0.39 is 15.9 Å². The number of hydrogen-bond acceptors (Lipinski definition) is 3. The molecule has 0 spiro atoms. The van der Waals surface area contributed by atoms with Gasteiger partial charge in [0.2, 0.25) is 0 Å². The number of benzene rings is 3. The van der Waals surface area contributed by atoms with Gasteiger partial charge in [-0.1, -0.05) is 72.3 Å². The van der Waals surface area contributed by atoms with Crippen LogP contribution in [0.3, 0.4) is 0 Å². The summed E-state index contributed by atoms with van der Waals surface area (Å²) in [6.07, 6.45) is 0. The number of hydrogen-bond donors (Lipinski definition) is 1. The Morgan fingerprint density at radius 3 is 2.31 bits per heavy atom. The summed E-state index contributed by atoms with van der Waals surface area (Å²) >= 11 is 0. The molecular weight excluding hydrogens is 420 g/mol. The number of anilines is 1. The summed E-state index contributed by atoms with van der Waals surface area (Å²) in [5.74, 6) is -0.612. The van der Waals surface area contributed by atoms with E-state index in [0.717, 1.165) is 16.7 Å². The van der Waals surface area contributed by atoms with Crippen molar-refractivity contribution in [1.82, 2.24) is 5.32 Å². The second-order valence-electron chi connectivity index (χ2n) is 8.12. The Bertz CT molecular complexity index is 1330. The molecule has 1 heterocycles. The minimum absolute atomic E-state index is 0.234. The van der Waals surface area contributed by atoms with Gasteiger partial charge in [-0.2, -0.15) is 0 Å². The molecule has 0 bridgehead atoms. The van der Waals surface area contributed by atoms with Gasteiger partial charge in [0.05, 0.1) is 11.7 Å². The van der Waals surface area contributed by atoms with Crippen LogP contribution in [0.1, 0.15) is 40.8 Å². The maximum absolute atomic E-state index is 13.6. The van der Waals surface area contributed by atoms with Crippen LogP contribution in [0.2, 0.25) is 0 Å². The maximum Gasteiger partial charge on any atom is 0.270 e. The molecule has 164 valence electrons. The minimum atomic E-state index is -4.06. The largest absolute Gasteiger partial charge is 0.345 e. The highest BCUT2D eigenvalue weighted by atomic mass is 32.2. The number of carbonyl (C=O) groups is 1. The van der Waals surface area contributed by atoms with Crippen molar-refractivity contribution in [3.8, 4) is 0 Å². The lowest BCUT2D eigenvalue weighted by molar-refractivity contribution is -0.117. The van der Waals surface area contributed by atoms with Crippen LogP contribution in [-0.2, 0) is 14.8 Å². The first-order valence-electron chi connectivity index (χ1n) is 10.5. The van der Waals surface area contributed by atoms with Gasteiger partial charge in [0.25, 0.3) is 15.9 Å². The summed E-state index contributed by atoms with van der Waals surface area (Å²) in [7, 11) is -2.57. The van der Waals surface area contributed by atoms with Crippen molar-refractivity contribution in [2.75, 3.05) is 11.4 Å². The van der Waals surface area contributed by atoms with Crippen LogP contribution < -0.4 is 9.62 Å². The summed E-state index contributed by atoms with van der Waals surface area (Å²) in [6, 6.07) is 22.1. The molecule has 0 saturated carbocycles. The predicted octanol–water partition coefficient (Wildman–Crippen LogP) is 4.72. The summed E-state index contributed by atoms with van der Waals surface area (Å²) in [6.45, 7) is 5.84. The van der Waals surface area contributed by atoms with Gasteiger partial charge in [-0.15, -0.1) is 0 Å². The van der Waals surface area contributed by atoms with Crippen LogP contribution in [0.15, 0.2) is 77.7 Å². The summed E-state index contributed by atoms with van der Waals surface area (Å²) in [4.78, 5) is 13.3. The lowest BCUT2D eigenvalue weighted by Crippen LogP contribution is -2.40. The third-order valence-electron chi connectivity index (χ3n) is 5.88. The lowest BCUT2D eigenvalue weighted by Gasteiger charge is -2.31. The third kappa shape index (κ3) is 3.71. The number of aryl methyl sites for hydroxylation is 2. The monoisotopic (exact) mass is 446 g/mol. The summed E-state index contributed by atoms with van der Waals surface area (Å²) < 4.78 is 28.3. The fraction of sp³-hybridized carbons (Fsp3) is 0.192. The highest BCUT2D eigenvalue weighted by Gasteiger charge is 2.39. The smallest absolute Gasteiger partial charge is 0.270 e. The molecule has 0 aliphatic carbocycles. The van der Waals surface area contributed by atoms with E-state index in [2.05, 4.69) is 5.32 Å². The average Bonchev–Trinajstić information content (AvgIpc) is 2.78. The molecular formula is C26H26N2O3S. The molecule has 1 N–H and O–H groups in total. The number of fused-ring (bicyclic) bond motifs is 1. The van der Waals surface area contributed by atoms with Gasteiger partial charge in [0.1, 0.15) is 0 Å². The Morgan fingerprint density at radius 1 is 0.938 bits per heavy atom. The number of sulfonamides is 1. The third-order valence-corrected chi connectivity index (χ3v) is 7.70. The molecule has 5 nitrogen and oxygen atoms in total. The van der Waals surface area contributed by atoms with Crippen molar-refractivity contribution in [2.24, 2.45) is 0 Å². The van der Waals surface area contributed by atoms with Gasteiger partial charge in [-0.05, 0) is 43.5 Å². The quantitative estimate of drug-likeness (QED) is 0.631. The molecule has 4 rings (SSSR count). The number of nitrogens with one attached hydrogen (secondary N) is 1. The minimum Gasteiger partial charge on any atom is -0.345 e. The molecule has 1 aliphatic rings. The lowest BCUT2D eigenvalue weighted by atomic mass is 9.95. The van der Waals surface area contributed by atoms with Crippen LogP contribution in [0.25, 0.3) is 5.57 Å². The molecule has 1 unspecified atom stereocenters. The van der Waals surface area contributed by atoms with E-state index in [1.807, 2.05) is 81.4 Å². The van der Waals surface area contributed by atoms with Gasteiger partial charge in [-0.3, -0.25) is 9.10 Å². The van der Waals surface area contributed by atoms with Crippen molar-refractivity contribution >= 4 is 27.2 Å². The molecule has 3 aromatic rings. The van der Waals surface area contributed by atoms with E-state index in [1.54, 1.807) is 12.1 Å². The number of nitrogens with zero attached hydrogens (tertiary/aromatic N) is 1. The molecule has 32 heavy (non-hydrogen) atoms. The summed E-state index contributed by atoms with van der Waals surface area (Å²) in [5.41, 5.74) is 5.43. The molecule has 3 aromatic carbocycles. The first kappa shape index (κ1) is 21.8. The summed E-state index contributed by atoms with van der Waals surface area (Å²) in [5, 5.41) is 2.94. The van der Waals surface area contributed by atoms with Gasteiger partial charge >= 0.3 is 0 Å². The van der Waals surface area contributed by atoms with Crippen LogP contribution in [0.4, 0.5) is 5.69 Å². The van der Waals surface area contributed by atoms with Crippen molar-refractivity contribution in [2.45, 2.75) is 26.8 Å². The van der Waals surface area contributed by atoms with Crippen molar-refractivity contribution < 1.29 is 13.2 Å². The molecule has 0 aromatic heterocycles. The zero-order valence-electron chi connectivity index (χ0n) is 18.6. The fourth-order valence-electron chi connectivity index (χ4n) is 4.17. The van der Waals surface area contributed by atoms with E-state index in [-0.39, 0.29) is 10.9 Å². The van der Waals surface area contributed by atoms with Crippen molar-refractivity contribution in [1.29, 1.82) is 0 Å². The first-order valence-corrected chi connectivity index (χ1v) is 11.9. The van der Waals surface area contributed by atoms with Gasteiger partial charge in [-0.25, -0.2) is 8.42 Å². The fourth-order valence-corrected chi connectivity index (χ4v) is 5.64. The Morgan fingerprint density at radius 2 is 1.59 bits per heavy atom. The van der Waals surface area contributed by atoms with E-state index in [0.29, 0.717) is 22.4 Å². The second kappa shape index (κ2) is 8.28. The zero-order valence-corrected chi connectivity index (χ0v) is 19.4. The molecule has 0 radical (unpaired) electrons. The maximum atomic E-state index is 13.6. The van der Waals surface area contributed by atoms with Crippen molar-refractivity contribution in [3.63, 3.8) is 0 Å². The molecule has 1 amide bonds. The first-order chi connectivity index (χ1) is 15.2. The standard InChI is InChI=1S/C26H26N2O3S/c1-17-14-15-18(2)22(16-17)19(3)27-26(29)25-24(20-10-6-5-7-11-20)21-12-8-9-13-23(21)28(4)32(25,30)31/h5-16,19H,1-4H3,(H,27,29). The normalized spacial score (nSPS) is 15.8. The van der Waals surface area contributed by atoms with E-state index >= 15 is 0 Å². The Kier molecular flexibility index (Phi) is 5.65. The van der Waals surface area contributed by atoms with E-state index in [1.165, 1.54) is 11.4 Å². The topological polar surface area (TPSA) is 66.5 Å². The van der Waals surface area contributed by atoms with Gasteiger partial charge in [0.15, 0.2) is 4.91 Å². The molecule has 0 saturated heterocycles. The number of para-hydroxylation sites is 1. The molecule has 1 atom stereocenters. The number of carbonyl (C=O) groups excluding carboxylic acids is 1. The Labute approximate surface area is 189 Å². The Hall–Kier alpha value is -3.38. The van der Waals surface area contributed by atoms with E-state index in [9.17, 15) is 13.2 Å². The second-order valence-corrected chi connectivity index (χ2v) is 10.0. The van der Waals surface area contributed by atoms with Crippen LogP contribution in [0, 0.1) is 13.8 Å². The van der Waals surface area contributed by atoms with Crippen molar-refractivity contribution in [3.05, 3.63) is 106 Å². The zero-order chi connectivity index (χ0) is 23.0.